The summed E-state index contributed by atoms with van der Waals surface area (Å²) in [5.74, 6) is 0.267. The summed E-state index contributed by atoms with van der Waals surface area (Å²) < 4.78 is 5.41. The zero-order valence-electron chi connectivity index (χ0n) is 12.9. The van der Waals surface area contributed by atoms with Crippen LogP contribution in [0.3, 0.4) is 0 Å². The number of rotatable bonds is 5. The molecule has 0 saturated heterocycles. The number of halogens is 2. The zero-order valence-corrected chi connectivity index (χ0v) is 15.3. The zero-order chi connectivity index (χ0) is 17.5. The molecule has 2 aromatic carbocycles. The van der Waals surface area contributed by atoms with Crippen molar-refractivity contribution in [1.82, 2.24) is 5.32 Å². The second-order valence-electron chi connectivity index (χ2n) is 4.95. The molecular weight excluding hydrogens is 367 g/mol. The van der Waals surface area contributed by atoms with Gasteiger partial charge in [-0.25, -0.2) is 0 Å². The first kappa shape index (κ1) is 18.5. The van der Waals surface area contributed by atoms with Gasteiger partial charge in [0.25, 0.3) is 5.91 Å². The molecule has 0 heterocycles. The summed E-state index contributed by atoms with van der Waals surface area (Å²) in [5, 5.41) is 6.46. The van der Waals surface area contributed by atoms with Gasteiger partial charge >= 0.3 is 0 Å². The average Bonchev–Trinajstić information content (AvgIpc) is 2.52. The van der Waals surface area contributed by atoms with Crippen molar-refractivity contribution in [1.29, 1.82) is 0 Å². The fourth-order valence-electron chi connectivity index (χ4n) is 1.92. The van der Waals surface area contributed by atoms with Gasteiger partial charge in [-0.1, -0.05) is 42.3 Å². The van der Waals surface area contributed by atoms with Crippen molar-refractivity contribution in [2.75, 3.05) is 11.9 Å². The molecule has 126 valence electrons. The Kier molecular flexibility index (Phi) is 6.85. The van der Waals surface area contributed by atoms with Crippen LogP contribution in [0.4, 0.5) is 5.69 Å². The van der Waals surface area contributed by atoms with Crippen molar-refractivity contribution >= 4 is 52.1 Å². The first-order chi connectivity index (χ1) is 11.5. The Labute approximate surface area is 156 Å². The minimum absolute atomic E-state index is 0.135. The Balaban J connectivity index is 1.81. The van der Waals surface area contributed by atoms with E-state index in [1.54, 1.807) is 18.2 Å². The maximum atomic E-state index is 11.9. The molecule has 0 aliphatic heterocycles. The van der Waals surface area contributed by atoms with E-state index in [0.29, 0.717) is 21.5 Å². The van der Waals surface area contributed by atoms with Crippen LogP contribution in [-0.4, -0.2) is 17.6 Å². The summed E-state index contributed by atoms with van der Waals surface area (Å²) in [6.07, 6.45) is 0.953. The van der Waals surface area contributed by atoms with Crippen LogP contribution in [0.1, 0.15) is 12.5 Å². The lowest BCUT2D eigenvalue weighted by Crippen LogP contribution is -2.37. The van der Waals surface area contributed by atoms with E-state index in [4.69, 9.17) is 40.2 Å². The number of hydrogen-bond donors (Lipinski definition) is 2. The van der Waals surface area contributed by atoms with Crippen LogP contribution in [-0.2, 0) is 11.2 Å². The van der Waals surface area contributed by atoms with Gasteiger partial charge in [-0.3, -0.25) is 10.1 Å². The first-order valence-corrected chi connectivity index (χ1v) is 8.41. The lowest BCUT2D eigenvalue weighted by atomic mass is 10.2. The summed E-state index contributed by atoms with van der Waals surface area (Å²) in [6, 6.07) is 12.5. The molecule has 0 aliphatic rings. The maximum absolute atomic E-state index is 11.9. The van der Waals surface area contributed by atoms with Gasteiger partial charge in [0.05, 0.1) is 0 Å². The van der Waals surface area contributed by atoms with E-state index in [2.05, 4.69) is 17.6 Å². The number of ether oxygens (including phenoxy) is 1. The molecule has 1 amide bonds. The Morgan fingerprint density at radius 2 is 1.75 bits per heavy atom. The van der Waals surface area contributed by atoms with Crippen molar-refractivity contribution in [3.05, 3.63) is 58.1 Å². The summed E-state index contributed by atoms with van der Waals surface area (Å²) in [4.78, 5) is 11.9. The van der Waals surface area contributed by atoms with Crippen LogP contribution >= 0.6 is 35.4 Å². The van der Waals surface area contributed by atoms with E-state index in [9.17, 15) is 4.79 Å². The van der Waals surface area contributed by atoms with E-state index in [1.807, 2.05) is 24.3 Å². The molecule has 0 aromatic heterocycles. The molecule has 2 rings (SSSR count). The normalized spacial score (nSPS) is 10.1. The van der Waals surface area contributed by atoms with Crippen LogP contribution in [0.15, 0.2) is 42.5 Å². The fourth-order valence-corrected chi connectivity index (χ4v) is 2.68. The van der Waals surface area contributed by atoms with Crippen LogP contribution in [0.5, 0.6) is 5.75 Å². The van der Waals surface area contributed by atoms with Crippen LogP contribution < -0.4 is 15.4 Å². The van der Waals surface area contributed by atoms with E-state index in [-0.39, 0.29) is 17.6 Å². The third kappa shape index (κ3) is 6.00. The molecule has 0 saturated carbocycles. The number of hydrogen-bond acceptors (Lipinski definition) is 3. The molecule has 0 unspecified atom stereocenters. The van der Waals surface area contributed by atoms with Crippen molar-refractivity contribution in [2.45, 2.75) is 13.3 Å². The molecule has 0 atom stereocenters. The van der Waals surface area contributed by atoms with Crippen LogP contribution in [0, 0.1) is 0 Å². The molecule has 0 aliphatic carbocycles. The molecule has 24 heavy (non-hydrogen) atoms. The molecule has 0 spiro atoms. The molecule has 4 nitrogen and oxygen atoms in total. The number of nitrogens with one attached hydrogen (secondary N) is 2. The maximum Gasteiger partial charge on any atom is 0.264 e. The standard InChI is InChI=1S/C17H16Cl2N2O2S/c1-2-11-3-5-15(6-4-11)23-10-16(22)21-17(24)20-14-8-12(18)7-13(19)9-14/h3-9H,2,10H2,1H3,(H2,20,21,22,24). The number of carbonyl (C=O) groups is 1. The van der Waals surface area contributed by atoms with Gasteiger partial charge in [0.1, 0.15) is 5.75 Å². The van der Waals surface area contributed by atoms with E-state index < -0.39 is 0 Å². The highest BCUT2D eigenvalue weighted by Gasteiger charge is 2.07. The van der Waals surface area contributed by atoms with E-state index in [1.165, 1.54) is 5.56 Å². The van der Waals surface area contributed by atoms with Crippen molar-refractivity contribution in [3.8, 4) is 5.75 Å². The van der Waals surface area contributed by atoms with Gasteiger partial charge in [-0.05, 0) is 54.5 Å². The molecule has 7 heteroatoms. The van der Waals surface area contributed by atoms with Gasteiger partial charge in [0, 0.05) is 15.7 Å². The Morgan fingerprint density at radius 3 is 2.33 bits per heavy atom. The Bertz CT molecular complexity index is 716. The fraction of sp³-hybridized carbons (Fsp3) is 0.176. The molecule has 0 radical (unpaired) electrons. The summed E-state index contributed by atoms with van der Waals surface area (Å²) in [7, 11) is 0. The summed E-state index contributed by atoms with van der Waals surface area (Å²) in [5.41, 5.74) is 1.80. The van der Waals surface area contributed by atoms with Gasteiger partial charge in [0.2, 0.25) is 0 Å². The lowest BCUT2D eigenvalue weighted by molar-refractivity contribution is -0.121. The third-order valence-corrected chi connectivity index (χ3v) is 3.72. The Morgan fingerprint density at radius 1 is 1.12 bits per heavy atom. The number of aryl methyl sites for hydroxylation is 1. The average molecular weight is 383 g/mol. The van der Waals surface area contributed by atoms with Crippen LogP contribution in [0.2, 0.25) is 10.0 Å². The molecule has 2 aromatic rings. The molecule has 0 fully saturated rings. The van der Waals surface area contributed by atoms with Gasteiger partial charge in [0.15, 0.2) is 11.7 Å². The van der Waals surface area contributed by atoms with E-state index >= 15 is 0 Å². The first-order valence-electron chi connectivity index (χ1n) is 7.25. The predicted octanol–water partition coefficient (Wildman–Crippen LogP) is 4.45. The number of carbonyl (C=O) groups excluding carboxylic acids is 1. The van der Waals surface area contributed by atoms with Crippen molar-refractivity contribution in [3.63, 3.8) is 0 Å². The number of benzene rings is 2. The quantitative estimate of drug-likeness (QED) is 0.750. The minimum Gasteiger partial charge on any atom is -0.484 e. The van der Waals surface area contributed by atoms with Gasteiger partial charge < -0.3 is 10.1 Å². The van der Waals surface area contributed by atoms with Crippen molar-refractivity contribution in [2.24, 2.45) is 0 Å². The van der Waals surface area contributed by atoms with Gasteiger partial charge in [-0.2, -0.15) is 0 Å². The second-order valence-corrected chi connectivity index (χ2v) is 6.23. The lowest BCUT2D eigenvalue weighted by Gasteiger charge is -2.11. The SMILES string of the molecule is CCc1ccc(OCC(=O)NC(=S)Nc2cc(Cl)cc(Cl)c2)cc1. The van der Waals surface area contributed by atoms with Crippen LogP contribution in [0.25, 0.3) is 0 Å². The predicted molar refractivity (Wildman–Crippen MR) is 102 cm³/mol. The third-order valence-electron chi connectivity index (χ3n) is 3.07. The number of amides is 1. The summed E-state index contributed by atoms with van der Waals surface area (Å²) in [6.45, 7) is 1.94. The summed E-state index contributed by atoms with van der Waals surface area (Å²) >= 11 is 16.9. The van der Waals surface area contributed by atoms with E-state index in [0.717, 1.165) is 6.42 Å². The number of anilines is 1. The molecule has 2 N–H and O–H groups in total. The monoisotopic (exact) mass is 382 g/mol. The highest BCUT2D eigenvalue weighted by Crippen LogP contribution is 2.22. The van der Waals surface area contributed by atoms with Crippen molar-refractivity contribution < 1.29 is 9.53 Å². The highest BCUT2D eigenvalue weighted by atomic mass is 35.5. The smallest absolute Gasteiger partial charge is 0.264 e. The van der Waals surface area contributed by atoms with Gasteiger partial charge in [-0.15, -0.1) is 0 Å². The largest absolute Gasteiger partial charge is 0.484 e. The topological polar surface area (TPSA) is 50.4 Å². The Hall–Kier alpha value is -1.82. The highest BCUT2D eigenvalue weighted by molar-refractivity contribution is 7.80. The number of thiocarbonyl (C=S) groups is 1. The minimum atomic E-state index is -0.361. The molecule has 0 bridgehead atoms. The molecular formula is C17H16Cl2N2O2S. The second kappa shape index (κ2) is 8.87.